The monoisotopic (exact) mass is 563 g/mol. The summed E-state index contributed by atoms with van der Waals surface area (Å²) in [5.74, 6) is -2.70. The Kier molecular flexibility index (Phi) is 7.07. The lowest BCUT2D eigenvalue weighted by Crippen LogP contribution is -2.38. The summed E-state index contributed by atoms with van der Waals surface area (Å²) in [6.07, 6.45) is 4.65. The minimum atomic E-state index is -3.98. The van der Waals surface area contributed by atoms with E-state index in [2.05, 4.69) is 15.6 Å². The van der Waals surface area contributed by atoms with Crippen molar-refractivity contribution >= 4 is 33.1 Å². The van der Waals surface area contributed by atoms with Crippen molar-refractivity contribution in [2.75, 3.05) is 35.2 Å². The van der Waals surface area contributed by atoms with Gasteiger partial charge in [-0.25, -0.2) is 27.2 Å². The molecule has 0 bridgehead atoms. The molecule has 1 aromatic carbocycles. The van der Waals surface area contributed by atoms with Gasteiger partial charge in [-0.1, -0.05) is 6.07 Å². The first-order chi connectivity index (χ1) is 18.3. The van der Waals surface area contributed by atoms with Crippen LogP contribution in [0.15, 0.2) is 35.4 Å². The molecule has 2 heterocycles. The number of halogens is 2. The van der Waals surface area contributed by atoms with Gasteiger partial charge >= 0.3 is 0 Å². The molecule has 3 fully saturated rings. The second-order valence-electron chi connectivity index (χ2n) is 11.8. The number of nitrogens with one attached hydrogen (secondary N) is 2. The van der Waals surface area contributed by atoms with Crippen LogP contribution in [0.1, 0.15) is 69.3 Å². The molecule has 1 aromatic heterocycles. The maximum absolute atomic E-state index is 13.7. The SMILES string of the molecule is CC(C)(CO)Nc1cnc(C(=O)Nc2cccc(S(=O)(=O)[C@H]3CCC(F)(F)C3)c2)c(N2CCC3(CC2)CC3)n1. The molecule has 12 heteroatoms. The number of aliphatic hydroxyl groups is 1. The standard InChI is InChI=1S/C27H35F2N5O4S/c1-25(2,17-35)33-21-16-30-22(23(32-21)34-12-10-26(8-9-26)11-13-34)24(36)31-18-4-3-5-19(14-18)39(37,38)20-6-7-27(28,29)15-20/h3-5,14,16,20,35H,6-13,15,17H2,1-2H3,(H,31,36)(H,32,33)/t20-/m0/s1. The molecule has 5 rings (SSSR count). The molecule has 1 amide bonds. The number of carbonyl (C=O) groups excluding carboxylic acids is 1. The number of rotatable bonds is 8. The highest BCUT2D eigenvalue weighted by Gasteiger charge is 2.46. The summed E-state index contributed by atoms with van der Waals surface area (Å²) < 4.78 is 53.5. The van der Waals surface area contributed by atoms with Gasteiger partial charge in [-0.3, -0.25) is 4.79 Å². The predicted molar refractivity (Wildman–Crippen MR) is 144 cm³/mol. The maximum atomic E-state index is 13.7. The number of sulfone groups is 1. The molecular weight excluding hydrogens is 528 g/mol. The van der Waals surface area contributed by atoms with Crippen molar-refractivity contribution in [3.8, 4) is 0 Å². The van der Waals surface area contributed by atoms with Crippen LogP contribution < -0.4 is 15.5 Å². The highest BCUT2D eigenvalue weighted by Crippen LogP contribution is 2.54. The molecule has 0 radical (unpaired) electrons. The Morgan fingerprint density at radius 2 is 1.90 bits per heavy atom. The van der Waals surface area contributed by atoms with Crippen molar-refractivity contribution in [1.29, 1.82) is 0 Å². The summed E-state index contributed by atoms with van der Waals surface area (Å²) in [5, 5.41) is 14.4. The fourth-order valence-electron chi connectivity index (χ4n) is 5.38. The topological polar surface area (TPSA) is 125 Å². The number of amides is 1. The zero-order valence-electron chi connectivity index (χ0n) is 22.2. The fourth-order valence-corrected chi connectivity index (χ4v) is 7.22. The lowest BCUT2D eigenvalue weighted by Gasteiger charge is -2.34. The van der Waals surface area contributed by atoms with Gasteiger partial charge in [-0.15, -0.1) is 0 Å². The number of piperidine rings is 1. The zero-order chi connectivity index (χ0) is 28.1. The molecule has 0 unspecified atom stereocenters. The van der Waals surface area contributed by atoms with E-state index in [0.29, 0.717) is 17.1 Å². The van der Waals surface area contributed by atoms with Gasteiger partial charge in [0.25, 0.3) is 5.91 Å². The first-order valence-corrected chi connectivity index (χ1v) is 14.9. The number of aromatic nitrogens is 2. The van der Waals surface area contributed by atoms with E-state index in [0.717, 1.165) is 25.9 Å². The number of hydrogen-bond donors (Lipinski definition) is 3. The molecule has 212 valence electrons. The molecule has 3 aliphatic rings. The van der Waals surface area contributed by atoms with Crippen molar-refractivity contribution in [3.63, 3.8) is 0 Å². The zero-order valence-corrected chi connectivity index (χ0v) is 23.0. The number of hydrogen-bond acceptors (Lipinski definition) is 8. The van der Waals surface area contributed by atoms with Gasteiger partial charge in [-0.2, -0.15) is 0 Å². The summed E-state index contributed by atoms with van der Waals surface area (Å²) in [6.45, 7) is 4.99. The Balaban J connectivity index is 1.39. The molecule has 9 nitrogen and oxygen atoms in total. The Hall–Kier alpha value is -2.86. The molecule has 1 spiro atoms. The summed E-state index contributed by atoms with van der Waals surface area (Å²) >= 11 is 0. The van der Waals surface area contributed by atoms with Gasteiger partial charge in [0.1, 0.15) is 5.82 Å². The first-order valence-electron chi connectivity index (χ1n) is 13.4. The van der Waals surface area contributed by atoms with E-state index in [4.69, 9.17) is 4.98 Å². The lowest BCUT2D eigenvalue weighted by molar-refractivity contribution is 0.00955. The highest BCUT2D eigenvalue weighted by molar-refractivity contribution is 7.92. The third kappa shape index (κ3) is 6.01. The maximum Gasteiger partial charge on any atom is 0.278 e. The summed E-state index contributed by atoms with van der Waals surface area (Å²) in [5.41, 5.74) is 0.0804. The van der Waals surface area contributed by atoms with Crippen LogP contribution in [0, 0.1) is 5.41 Å². The number of carbonyl (C=O) groups is 1. The van der Waals surface area contributed by atoms with Crippen molar-refractivity contribution in [3.05, 3.63) is 36.2 Å². The molecule has 2 aliphatic carbocycles. The van der Waals surface area contributed by atoms with E-state index < -0.39 is 45.3 Å². The highest BCUT2D eigenvalue weighted by atomic mass is 32.2. The van der Waals surface area contributed by atoms with Crippen LogP contribution in [0.3, 0.4) is 0 Å². The minimum Gasteiger partial charge on any atom is -0.394 e. The van der Waals surface area contributed by atoms with Gasteiger partial charge in [0.15, 0.2) is 21.3 Å². The Morgan fingerprint density at radius 3 is 2.51 bits per heavy atom. The molecule has 1 aliphatic heterocycles. The third-order valence-corrected chi connectivity index (χ3v) is 10.3. The average Bonchev–Trinajstić information content (AvgIpc) is 3.54. The van der Waals surface area contributed by atoms with Crippen LogP contribution >= 0.6 is 0 Å². The third-order valence-electron chi connectivity index (χ3n) is 8.13. The van der Waals surface area contributed by atoms with Crippen molar-refractivity contribution in [2.45, 2.75) is 80.4 Å². The van der Waals surface area contributed by atoms with Crippen LogP contribution in [0.25, 0.3) is 0 Å². The van der Waals surface area contributed by atoms with Crippen LogP contribution in [0.4, 0.5) is 26.1 Å². The smallest absolute Gasteiger partial charge is 0.278 e. The summed E-state index contributed by atoms with van der Waals surface area (Å²) in [6, 6.07) is 5.68. The van der Waals surface area contributed by atoms with Gasteiger partial charge < -0.3 is 20.6 Å². The molecule has 3 N–H and O–H groups in total. The van der Waals surface area contributed by atoms with Crippen molar-refractivity contribution < 1.29 is 27.1 Å². The number of alkyl halides is 2. The minimum absolute atomic E-state index is 0.0952. The molecule has 2 saturated carbocycles. The van der Waals surface area contributed by atoms with Crippen LogP contribution in [0.5, 0.6) is 0 Å². The van der Waals surface area contributed by atoms with Gasteiger partial charge in [0.2, 0.25) is 5.92 Å². The Morgan fingerprint density at radius 1 is 1.18 bits per heavy atom. The molecular formula is C27H35F2N5O4S. The van der Waals surface area contributed by atoms with E-state index in [9.17, 15) is 27.1 Å². The number of benzene rings is 1. The van der Waals surface area contributed by atoms with Gasteiger partial charge in [-0.05, 0) is 69.6 Å². The molecule has 1 saturated heterocycles. The molecule has 39 heavy (non-hydrogen) atoms. The first kappa shape index (κ1) is 27.7. The van der Waals surface area contributed by atoms with E-state index in [1.807, 2.05) is 18.7 Å². The summed E-state index contributed by atoms with van der Waals surface area (Å²) in [7, 11) is -3.98. The van der Waals surface area contributed by atoms with E-state index in [1.54, 1.807) is 6.07 Å². The summed E-state index contributed by atoms with van der Waals surface area (Å²) in [4.78, 5) is 24.5. The van der Waals surface area contributed by atoms with Gasteiger partial charge in [0, 0.05) is 31.6 Å². The number of aliphatic hydroxyl groups excluding tert-OH is 1. The van der Waals surface area contributed by atoms with Crippen molar-refractivity contribution in [1.82, 2.24) is 9.97 Å². The average molecular weight is 564 g/mol. The van der Waals surface area contributed by atoms with E-state index in [-0.39, 0.29) is 29.3 Å². The second-order valence-corrected chi connectivity index (χ2v) is 14.1. The Labute approximate surface area is 227 Å². The predicted octanol–water partition coefficient (Wildman–Crippen LogP) is 4.25. The largest absolute Gasteiger partial charge is 0.394 e. The van der Waals surface area contributed by atoms with E-state index >= 15 is 0 Å². The second kappa shape index (κ2) is 9.96. The Bertz CT molecular complexity index is 1350. The van der Waals surface area contributed by atoms with Gasteiger partial charge in [0.05, 0.1) is 28.5 Å². The van der Waals surface area contributed by atoms with Crippen LogP contribution in [-0.2, 0) is 9.84 Å². The lowest BCUT2D eigenvalue weighted by atomic mass is 9.93. The molecule has 2 aromatic rings. The van der Waals surface area contributed by atoms with Crippen molar-refractivity contribution in [2.24, 2.45) is 5.41 Å². The molecule has 1 atom stereocenters. The normalized spacial score (nSPS) is 22.1. The number of nitrogens with zero attached hydrogens (tertiary/aromatic N) is 3. The fraction of sp³-hybridized carbons (Fsp3) is 0.593. The van der Waals surface area contributed by atoms with E-state index in [1.165, 1.54) is 37.2 Å². The quantitative estimate of drug-likeness (QED) is 0.435. The number of anilines is 3. The van der Waals surface area contributed by atoms with Crippen LogP contribution in [-0.4, -0.2) is 65.8 Å². The van der Waals surface area contributed by atoms with Crippen LogP contribution in [0.2, 0.25) is 0 Å².